The van der Waals surface area contributed by atoms with E-state index in [2.05, 4.69) is 50.9 Å². The van der Waals surface area contributed by atoms with Crippen LogP contribution < -0.4 is 0 Å². The van der Waals surface area contributed by atoms with Crippen LogP contribution in [0.15, 0.2) is 56.8 Å². The fourth-order valence-electron chi connectivity index (χ4n) is 3.18. The van der Waals surface area contributed by atoms with Crippen molar-refractivity contribution in [3.63, 3.8) is 0 Å². The number of aryl methyl sites for hydroxylation is 2. The highest BCUT2D eigenvalue weighted by Gasteiger charge is 2.22. The third kappa shape index (κ3) is 4.48. The second-order valence-electron chi connectivity index (χ2n) is 7.20. The van der Waals surface area contributed by atoms with E-state index in [9.17, 15) is 0 Å². The predicted octanol–water partition coefficient (Wildman–Crippen LogP) is 5.47. The van der Waals surface area contributed by atoms with Crippen molar-refractivity contribution < 1.29 is 8.94 Å². The van der Waals surface area contributed by atoms with Gasteiger partial charge in [-0.3, -0.25) is 4.57 Å². The van der Waals surface area contributed by atoms with Gasteiger partial charge in [0.05, 0.1) is 18.1 Å². The Morgan fingerprint density at radius 3 is 2.77 bits per heavy atom. The van der Waals surface area contributed by atoms with Gasteiger partial charge in [-0.1, -0.05) is 54.5 Å². The molecule has 0 aliphatic heterocycles. The molecule has 0 fully saturated rings. The van der Waals surface area contributed by atoms with Crippen molar-refractivity contribution in [1.29, 1.82) is 0 Å². The maximum atomic E-state index is 5.59. The first-order valence-electron chi connectivity index (χ1n) is 10.2. The lowest BCUT2D eigenvalue weighted by atomic mass is 10.1. The molecule has 0 aliphatic rings. The van der Waals surface area contributed by atoms with Crippen molar-refractivity contribution in [3.05, 3.63) is 65.7 Å². The Balaban J connectivity index is 1.62. The van der Waals surface area contributed by atoms with Crippen molar-refractivity contribution in [2.75, 3.05) is 0 Å². The molecule has 7 nitrogen and oxygen atoms in total. The third-order valence-electron chi connectivity index (χ3n) is 4.86. The Hall–Kier alpha value is -2.87. The molecule has 4 aromatic rings. The molecule has 3 heterocycles. The summed E-state index contributed by atoms with van der Waals surface area (Å²) in [6, 6.07) is 12.0. The van der Waals surface area contributed by atoms with Gasteiger partial charge in [-0.15, -0.1) is 10.2 Å². The lowest BCUT2D eigenvalue weighted by molar-refractivity contribution is 0.374. The topological polar surface area (TPSA) is 82.8 Å². The molecular weight excluding hydrogens is 398 g/mol. The van der Waals surface area contributed by atoms with Crippen LogP contribution >= 0.6 is 11.8 Å². The first kappa shape index (κ1) is 20.4. The van der Waals surface area contributed by atoms with Gasteiger partial charge in [0.2, 0.25) is 5.89 Å². The molecule has 0 bridgehead atoms. The summed E-state index contributed by atoms with van der Waals surface area (Å²) in [6.45, 7) is 6.82. The number of aromatic nitrogens is 5. The van der Waals surface area contributed by atoms with E-state index in [-0.39, 0.29) is 5.25 Å². The highest BCUT2D eigenvalue weighted by Crippen LogP contribution is 2.35. The minimum atomic E-state index is -0.0443. The van der Waals surface area contributed by atoms with Gasteiger partial charge in [0.1, 0.15) is 5.76 Å². The van der Waals surface area contributed by atoms with E-state index in [1.54, 1.807) is 18.0 Å². The quantitative estimate of drug-likeness (QED) is 0.330. The number of hydrogen-bond acceptors (Lipinski definition) is 7. The molecule has 1 aromatic carbocycles. The minimum Gasteiger partial charge on any atom is -0.467 e. The number of benzene rings is 1. The molecule has 0 saturated carbocycles. The molecule has 1 unspecified atom stereocenters. The molecule has 0 saturated heterocycles. The lowest BCUT2D eigenvalue weighted by Crippen LogP contribution is -2.05. The normalized spacial score (nSPS) is 12.4. The van der Waals surface area contributed by atoms with Crippen LogP contribution in [0, 0.1) is 6.92 Å². The summed E-state index contributed by atoms with van der Waals surface area (Å²) in [7, 11) is 0. The molecule has 156 valence electrons. The minimum absolute atomic E-state index is 0.0443. The summed E-state index contributed by atoms with van der Waals surface area (Å²) in [6.07, 6.45) is 4.67. The van der Waals surface area contributed by atoms with Crippen LogP contribution in [0.5, 0.6) is 0 Å². The monoisotopic (exact) mass is 423 g/mol. The van der Waals surface area contributed by atoms with Crippen LogP contribution in [0.25, 0.3) is 11.4 Å². The van der Waals surface area contributed by atoms with Gasteiger partial charge in [-0.05, 0) is 38.0 Å². The Kier molecular flexibility index (Phi) is 6.32. The molecule has 0 N–H and O–H groups in total. The van der Waals surface area contributed by atoms with Crippen LogP contribution in [0.2, 0.25) is 0 Å². The van der Waals surface area contributed by atoms with Gasteiger partial charge in [-0.25, -0.2) is 0 Å². The SMILES string of the molecule is CCCCc1noc(C(C)Sc2nnc(-c3ccccc3C)n2Cc2ccco2)n1. The number of thioether (sulfide) groups is 1. The zero-order valence-electron chi connectivity index (χ0n) is 17.4. The summed E-state index contributed by atoms with van der Waals surface area (Å²) in [5.74, 6) is 3.03. The zero-order valence-corrected chi connectivity index (χ0v) is 18.2. The van der Waals surface area contributed by atoms with Gasteiger partial charge in [-0.2, -0.15) is 4.98 Å². The van der Waals surface area contributed by atoms with Gasteiger partial charge in [0.25, 0.3) is 0 Å². The third-order valence-corrected chi connectivity index (χ3v) is 5.93. The highest BCUT2D eigenvalue weighted by molar-refractivity contribution is 7.99. The van der Waals surface area contributed by atoms with Crippen molar-refractivity contribution in [2.24, 2.45) is 0 Å². The number of hydrogen-bond donors (Lipinski definition) is 0. The summed E-state index contributed by atoms with van der Waals surface area (Å²) >= 11 is 1.56. The van der Waals surface area contributed by atoms with E-state index < -0.39 is 0 Å². The average Bonchev–Trinajstić information content (AvgIpc) is 3.50. The van der Waals surface area contributed by atoms with Crippen LogP contribution in [-0.2, 0) is 13.0 Å². The van der Waals surface area contributed by atoms with E-state index in [0.717, 1.165) is 53.0 Å². The second-order valence-corrected chi connectivity index (χ2v) is 8.51. The first-order valence-corrected chi connectivity index (χ1v) is 11.0. The Labute approximate surface area is 179 Å². The fraction of sp³-hybridized carbons (Fsp3) is 0.364. The largest absolute Gasteiger partial charge is 0.467 e. The van der Waals surface area contributed by atoms with Gasteiger partial charge in [0.15, 0.2) is 16.8 Å². The van der Waals surface area contributed by atoms with Gasteiger partial charge >= 0.3 is 0 Å². The number of furan rings is 1. The van der Waals surface area contributed by atoms with Crippen molar-refractivity contribution in [2.45, 2.75) is 57.0 Å². The second kappa shape index (κ2) is 9.30. The van der Waals surface area contributed by atoms with Gasteiger partial charge in [0, 0.05) is 12.0 Å². The first-order chi connectivity index (χ1) is 14.7. The summed E-state index contributed by atoms with van der Waals surface area (Å²) in [5, 5.41) is 13.8. The Morgan fingerprint density at radius 2 is 2.00 bits per heavy atom. The van der Waals surface area contributed by atoms with E-state index in [0.29, 0.717) is 12.4 Å². The molecule has 8 heteroatoms. The molecule has 30 heavy (non-hydrogen) atoms. The van der Waals surface area contributed by atoms with E-state index >= 15 is 0 Å². The van der Waals surface area contributed by atoms with Crippen LogP contribution in [0.1, 0.15) is 55.0 Å². The smallest absolute Gasteiger partial charge is 0.239 e. The maximum Gasteiger partial charge on any atom is 0.239 e. The number of unbranched alkanes of at least 4 members (excludes halogenated alkanes) is 1. The molecule has 0 amide bonds. The summed E-state index contributed by atoms with van der Waals surface area (Å²) in [5.41, 5.74) is 2.20. The summed E-state index contributed by atoms with van der Waals surface area (Å²) in [4.78, 5) is 4.55. The maximum absolute atomic E-state index is 5.59. The molecule has 0 spiro atoms. The fourth-order valence-corrected chi connectivity index (χ4v) is 4.06. The van der Waals surface area contributed by atoms with Crippen molar-refractivity contribution >= 4 is 11.8 Å². The standard InChI is InChI=1S/C22H25N5O2S/c1-4-5-12-19-23-21(29-26-19)16(3)30-22-25-24-20(18-11-7-6-9-15(18)2)27(22)14-17-10-8-13-28-17/h6-11,13,16H,4-5,12,14H2,1-3H3. The van der Waals surface area contributed by atoms with E-state index in [1.807, 2.05) is 31.2 Å². The number of rotatable bonds is 9. The Bertz CT molecular complexity index is 1090. The van der Waals surface area contributed by atoms with Crippen molar-refractivity contribution in [1.82, 2.24) is 24.9 Å². The van der Waals surface area contributed by atoms with Gasteiger partial charge < -0.3 is 8.94 Å². The molecular formula is C22H25N5O2S. The number of nitrogens with zero attached hydrogens (tertiary/aromatic N) is 5. The highest BCUT2D eigenvalue weighted by atomic mass is 32.2. The molecule has 0 aliphatic carbocycles. The lowest BCUT2D eigenvalue weighted by Gasteiger charge is -2.11. The zero-order chi connectivity index (χ0) is 20.9. The van der Waals surface area contributed by atoms with Crippen LogP contribution in [0.3, 0.4) is 0 Å². The summed E-state index contributed by atoms with van der Waals surface area (Å²) < 4.78 is 13.2. The molecule has 4 rings (SSSR count). The average molecular weight is 424 g/mol. The van der Waals surface area contributed by atoms with E-state index in [4.69, 9.17) is 8.94 Å². The van der Waals surface area contributed by atoms with Crippen LogP contribution in [-0.4, -0.2) is 24.9 Å². The van der Waals surface area contributed by atoms with Crippen molar-refractivity contribution in [3.8, 4) is 11.4 Å². The predicted molar refractivity (Wildman–Crippen MR) is 115 cm³/mol. The Morgan fingerprint density at radius 1 is 1.13 bits per heavy atom. The van der Waals surface area contributed by atoms with E-state index in [1.165, 1.54) is 0 Å². The van der Waals surface area contributed by atoms with Crippen LogP contribution in [0.4, 0.5) is 0 Å². The molecule has 1 atom stereocenters. The molecule has 0 radical (unpaired) electrons. The molecule has 3 aromatic heterocycles.